The van der Waals surface area contributed by atoms with Crippen molar-refractivity contribution in [3.63, 3.8) is 0 Å². The second-order valence-electron chi connectivity index (χ2n) is 9.18. The quantitative estimate of drug-likeness (QED) is 0.751. The Morgan fingerprint density at radius 3 is 2.32 bits per heavy atom. The topological polar surface area (TPSA) is 75.6 Å². The highest BCUT2D eigenvalue weighted by molar-refractivity contribution is 6.14. The van der Waals surface area contributed by atoms with Gasteiger partial charge in [-0.05, 0) is 56.0 Å². The number of hydrogen-bond acceptors (Lipinski definition) is 6. The molecule has 0 spiro atoms. The Morgan fingerprint density at radius 2 is 1.71 bits per heavy atom. The highest BCUT2D eigenvalue weighted by Crippen LogP contribution is 2.35. The van der Waals surface area contributed by atoms with Gasteiger partial charge in [-0.25, -0.2) is 9.80 Å². The lowest BCUT2D eigenvalue weighted by atomic mass is 9.94. The first-order valence-electron chi connectivity index (χ1n) is 11.9. The number of carbonyl (C=O) groups is 1. The van der Waals surface area contributed by atoms with Gasteiger partial charge in [-0.2, -0.15) is 5.10 Å². The van der Waals surface area contributed by atoms with Crippen molar-refractivity contribution in [3.8, 4) is 11.5 Å². The molecule has 180 valence electrons. The lowest BCUT2D eigenvalue weighted by Crippen LogP contribution is -2.42. The van der Waals surface area contributed by atoms with Crippen LogP contribution in [0.15, 0.2) is 41.5 Å². The number of ether oxygens (including phenoxy) is 3. The summed E-state index contributed by atoms with van der Waals surface area (Å²) in [5, 5.41) is 9.10. The fourth-order valence-electron chi connectivity index (χ4n) is 5.20. The number of nitrogens with zero attached hydrogens (tertiary/aromatic N) is 3. The van der Waals surface area contributed by atoms with E-state index in [1.807, 2.05) is 19.1 Å². The van der Waals surface area contributed by atoms with Gasteiger partial charge in [0.15, 0.2) is 11.5 Å². The number of hydrogen-bond donors (Lipinski definition) is 1. The first-order valence-corrected chi connectivity index (χ1v) is 11.9. The highest BCUT2D eigenvalue weighted by atomic mass is 16.5. The fourth-order valence-corrected chi connectivity index (χ4v) is 5.20. The number of benzene rings is 2. The molecule has 8 heteroatoms. The monoisotopic (exact) mass is 464 g/mol. The molecule has 2 bridgehead atoms. The van der Waals surface area contributed by atoms with Gasteiger partial charge in [0.1, 0.15) is 0 Å². The number of rotatable bonds is 4. The molecule has 0 aliphatic carbocycles. The normalized spacial score (nSPS) is 23.6. The zero-order chi connectivity index (χ0) is 23.8. The van der Waals surface area contributed by atoms with E-state index < -0.39 is 0 Å². The van der Waals surface area contributed by atoms with Crippen molar-refractivity contribution < 1.29 is 19.0 Å². The average molecular weight is 465 g/mol. The van der Waals surface area contributed by atoms with Gasteiger partial charge in [0, 0.05) is 37.0 Å². The molecule has 34 heavy (non-hydrogen) atoms. The molecule has 3 heterocycles. The maximum Gasteiger partial charge on any atom is 0.337 e. The van der Waals surface area contributed by atoms with Gasteiger partial charge in [0.25, 0.3) is 0 Å². The van der Waals surface area contributed by atoms with Crippen molar-refractivity contribution in [3.05, 3.63) is 53.1 Å². The molecule has 0 saturated carbocycles. The molecule has 3 aliphatic rings. The third-order valence-electron chi connectivity index (χ3n) is 6.98. The van der Waals surface area contributed by atoms with E-state index in [1.54, 1.807) is 21.3 Å². The molecule has 1 N–H and O–H groups in total. The lowest BCUT2D eigenvalue weighted by molar-refractivity contribution is 0.0305. The maximum absolute atomic E-state index is 12.7. The smallest absolute Gasteiger partial charge is 0.337 e. The molecule has 5 rings (SSSR count). The van der Waals surface area contributed by atoms with E-state index in [4.69, 9.17) is 19.3 Å². The maximum atomic E-state index is 12.7. The van der Waals surface area contributed by atoms with Gasteiger partial charge in [0.2, 0.25) is 0 Å². The standard InChI is InChI=1S/C26H32N4O4/c1-16-11-18-12-23(32-3)24(33-4)13-22(18)25(28-30(16)26(31)27-2)17-5-7-19(8-6-17)29-14-20-9-10-21(15-29)34-20/h5-8,12-13,16,20-21H,9-11,14-15H2,1-4H3,(H,27,31)/t16-,20-,21-/m1/s1. The van der Waals surface area contributed by atoms with E-state index in [-0.39, 0.29) is 12.1 Å². The fraction of sp³-hybridized carbons (Fsp3) is 0.462. The second kappa shape index (κ2) is 9.18. The largest absolute Gasteiger partial charge is 0.493 e. The van der Waals surface area contributed by atoms with Gasteiger partial charge in [0.05, 0.1) is 38.2 Å². The minimum absolute atomic E-state index is 0.127. The van der Waals surface area contributed by atoms with E-state index in [0.717, 1.165) is 48.3 Å². The third-order valence-corrected chi connectivity index (χ3v) is 6.98. The number of anilines is 1. The van der Waals surface area contributed by atoms with Crippen LogP contribution >= 0.6 is 0 Å². The molecule has 2 fully saturated rings. The Balaban J connectivity index is 1.55. The molecule has 2 aromatic rings. The van der Waals surface area contributed by atoms with E-state index in [2.05, 4.69) is 34.5 Å². The van der Waals surface area contributed by atoms with E-state index in [0.29, 0.717) is 30.1 Å². The third kappa shape index (κ3) is 4.07. The van der Waals surface area contributed by atoms with Crippen LogP contribution in [-0.2, 0) is 11.2 Å². The van der Waals surface area contributed by atoms with Crippen LogP contribution < -0.4 is 19.7 Å². The molecule has 2 amide bonds. The number of morpholine rings is 1. The summed E-state index contributed by atoms with van der Waals surface area (Å²) < 4.78 is 17.1. The van der Waals surface area contributed by atoms with Crippen LogP contribution in [-0.4, -0.2) is 69.4 Å². The Kier molecular flexibility index (Phi) is 6.08. The number of carbonyl (C=O) groups excluding carboxylic acids is 1. The number of urea groups is 1. The van der Waals surface area contributed by atoms with Gasteiger partial charge < -0.3 is 24.4 Å². The van der Waals surface area contributed by atoms with Gasteiger partial charge in [-0.3, -0.25) is 0 Å². The molecule has 3 atom stereocenters. The van der Waals surface area contributed by atoms with Gasteiger partial charge in [-0.1, -0.05) is 12.1 Å². The first-order chi connectivity index (χ1) is 16.5. The highest BCUT2D eigenvalue weighted by Gasteiger charge is 2.34. The predicted octanol–water partition coefficient (Wildman–Crippen LogP) is 3.41. The summed E-state index contributed by atoms with van der Waals surface area (Å²) >= 11 is 0. The van der Waals surface area contributed by atoms with Crippen molar-refractivity contribution in [1.82, 2.24) is 10.3 Å². The van der Waals surface area contributed by atoms with Crippen LogP contribution in [0.3, 0.4) is 0 Å². The SMILES string of the molecule is CNC(=O)N1N=C(c2ccc(N3C[C@H]4CC[C@H](C3)O4)cc2)c2cc(OC)c(OC)cc2C[C@H]1C. The number of amides is 2. The summed E-state index contributed by atoms with van der Waals surface area (Å²) in [6, 6.07) is 12.0. The minimum Gasteiger partial charge on any atom is -0.493 e. The molecule has 0 aromatic heterocycles. The molecule has 8 nitrogen and oxygen atoms in total. The van der Waals surface area contributed by atoms with Gasteiger partial charge >= 0.3 is 6.03 Å². The Morgan fingerprint density at radius 1 is 1.06 bits per heavy atom. The number of nitrogens with one attached hydrogen (secondary N) is 1. The van der Waals surface area contributed by atoms with E-state index in [1.165, 1.54) is 10.7 Å². The zero-order valence-electron chi connectivity index (χ0n) is 20.2. The second-order valence-corrected chi connectivity index (χ2v) is 9.18. The number of methoxy groups -OCH3 is 2. The minimum atomic E-state index is -0.239. The van der Waals surface area contributed by atoms with Crippen molar-refractivity contribution in [1.29, 1.82) is 0 Å². The summed E-state index contributed by atoms with van der Waals surface area (Å²) in [6.45, 7) is 3.86. The predicted molar refractivity (Wildman–Crippen MR) is 131 cm³/mol. The van der Waals surface area contributed by atoms with E-state index in [9.17, 15) is 4.79 Å². The molecule has 3 aliphatic heterocycles. The molecule has 2 aromatic carbocycles. The lowest BCUT2D eigenvalue weighted by Gasteiger charge is -2.34. The Hall–Kier alpha value is -3.26. The van der Waals surface area contributed by atoms with Crippen molar-refractivity contribution in [2.75, 3.05) is 39.3 Å². The van der Waals surface area contributed by atoms with Crippen molar-refractivity contribution in [2.45, 2.75) is 44.4 Å². The molecular formula is C26H32N4O4. The van der Waals surface area contributed by atoms with Crippen LogP contribution in [0, 0.1) is 0 Å². The summed E-state index contributed by atoms with van der Waals surface area (Å²) in [5.41, 5.74) is 4.85. The molecular weight excluding hydrogens is 432 g/mol. The van der Waals surface area contributed by atoms with Crippen LogP contribution in [0.5, 0.6) is 11.5 Å². The zero-order valence-corrected chi connectivity index (χ0v) is 20.2. The van der Waals surface area contributed by atoms with Crippen molar-refractivity contribution in [2.24, 2.45) is 5.10 Å². The molecule has 0 unspecified atom stereocenters. The summed E-state index contributed by atoms with van der Waals surface area (Å²) in [5.74, 6) is 1.30. The summed E-state index contributed by atoms with van der Waals surface area (Å²) in [4.78, 5) is 15.1. The Bertz CT molecular complexity index is 1090. The van der Waals surface area contributed by atoms with Gasteiger partial charge in [-0.15, -0.1) is 0 Å². The first kappa shape index (κ1) is 22.5. The average Bonchev–Trinajstić information content (AvgIpc) is 3.13. The van der Waals surface area contributed by atoms with Crippen LogP contribution in [0.4, 0.5) is 10.5 Å². The summed E-state index contributed by atoms with van der Waals surface area (Å²) in [7, 11) is 4.88. The Labute approximate surface area is 200 Å². The van der Waals surface area contributed by atoms with Crippen LogP contribution in [0.2, 0.25) is 0 Å². The van der Waals surface area contributed by atoms with Crippen molar-refractivity contribution >= 4 is 17.4 Å². The van der Waals surface area contributed by atoms with Crippen LogP contribution in [0.25, 0.3) is 0 Å². The number of fused-ring (bicyclic) bond motifs is 3. The van der Waals surface area contributed by atoms with E-state index >= 15 is 0 Å². The molecule has 2 saturated heterocycles. The number of hydrazone groups is 1. The molecule has 0 radical (unpaired) electrons. The van der Waals surface area contributed by atoms with Crippen LogP contribution in [0.1, 0.15) is 36.5 Å². The summed E-state index contributed by atoms with van der Waals surface area (Å²) in [6.07, 6.45) is 3.60.